The first-order valence-electron chi connectivity index (χ1n) is 12.3. The lowest BCUT2D eigenvalue weighted by atomic mass is 9.97. The van der Waals surface area contributed by atoms with Gasteiger partial charge >= 0.3 is 0 Å². The molecule has 1 saturated heterocycles. The fraction of sp³-hybridized carbons (Fsp3) is 0.385. The van der Waals surface area contributed by atoms with Crippen LogP contribution in [0.25, 0.3) is 0 Å². The zero-order chi connectivity index (χ0) is 25.1. The summed E-state index contributed by atoms with van der Waals surface area (Å²) in [5.41, 5.74) is 2.34. The van der Waals surface area contributed by atoms with Crippen LogP contribution in [0, 0.1) is 5.92 Å². The van der Waals surface area contributed by atoms with Crippen molar-refractivity contribution >= 4 is 23.7 Å². The number of dihydropyridines is 1. The number of allylic oxidation sites excluding steroid dienone is 2. The van der Waals surface area contributed by atoms with Crippen molar-refractivity contribution in [1.82, 2.24) is 26.2 Å². The summed E-state index contributed by atoms with van der Waals surface area (Å²) in [4.78, 5) is 19.6. The highest BCUT2D eigenvalue weighted by molar-refractivity contribution is 6.31. The second kappa shape index (κ2) is 10.7. The Morgan fingerprint density at radius 1 is 1.36 bits per heavy atom. The zero-order valence-electron chi connectivity index (χ0n) is 20.1. The Morgan fingerprint density at radius 2 is 2.22 bits per heavy atom. The summed E-state index contributed by atoms with van der Waals surface area (Å²) < 4.78 is 20.4. The van der Waals surface area contributed by atoms with E-state index in [1.807, 2.05) is 36.1 Å². The summed E-state index contributed by atoms with van der Waals surface area (Å²) in [7, 11) is 0. The lowest BCUT2D eigenvalue weighted by molar-refractivity contribution is 0.0670. The average molecular weight is 513 g/mol. The normalized spacial score (nSPS) is 25.2. The summed E-state index contributed by atoms with van der Waals surface area (Å²) in [6, 6.07) is 7.35. The molecule has 0 bridgehead atoms. The molecule has 10 heteroatoms. The van der Waals surface area contributed by atoms with E-state index in [9.17, 15) is 9.18 Å². The molecule has 0 aliphatic carbocycles. The molecule has 8 nitrogen and oxygen atoms in total. The van der Waals surface area contributed by atoms with Crippen molar-refractivity contribution in [3.8, 4) is 5.75 Å². The zero-order valence-corrected chi connectivity index (χ0v) is 20.9. The SMILES string of the molecule is CCOc1ccccc1C(=O)N1CCCC(CNC2=C(F)CNC(=C3C=NC4NC=C(Cl)C=C34)N2)C1. The van der Waals surface area contributed by atoms with Gasteiger partial charge in [-0.1, -0.05) is 23.7 Å². The van der Waals surface area contributed by atoms with Crippen LogP contribution in [0.4, 0.5) is 4.39 Å². The van der Waals surface area contributed by atoms with Crippen molar-refractivity contribution in [1.29, 1.82) is 0 Å². The predicted molar refractivity (Wildman–Crippen MR) is 138 cm³/mol. The number of nitrogens with zero attached hydrogens (tertiary/aromatic N) is 2. The molecule has 36 heavy (non-hydrogen) atoms. The fourth-order valence-corrected chi connectivity index (χ4v) is 5.03. The molecule has 190 valence electrons. The Balaban J connectivity index is 1.23. The van der Waals surface area contributed by atoms with Gasteiger partial charge in [-0.15, -0.1) is 0 Å². The lowest BCUT2D eigenvalue weighted by Crippen LogP contribution is -2.45. The van der Waals surface area contributed by atoms with E-state index in [2.05, 4.69) is 26.3 Å². The molecule has 0 aromatic heterocycles. The molecule has 0 radical (unpaired) electrons. The van der Waals surface area contributed by atoms with E-state index < -0.39 is 0 Å². The van der Waals surface area contributed by atoms with Crippen LogP contribution < -0.4 is 26.0 Å². The van der Waals surface area contributed by atoms with Gasteiger partial charge in [0.1, 0.15) is 23.6 Å². The van der Waals surface area contributed by atoms with Gasteiger partial charge < -0.3 is 30.9 Å². The molecule has 1 amide bonds. The Bertz CT molecular complexity index is 1190. The molecular formula is C26H30ClFN6O2. The van der Waals surface area contributed by atoms with E-state index in [1.165, 1.54) is 0 Å². The predicted octanol–water partition coefficient (Wildman–Crippen LogP) is 3.09. The number of ether oxygens (including phenoxy) is 1. The third-order valence-electron chi connectivity index (χ3n) is 6.63. The Hall–Kier alpha value is -3.46. The van der Waals surface area contributed by atoms with E-state index in [1.54, 1.807) is 18.5 Å². The molecule has 0 spiro atoms. The maximum atomic E-state index is 14.7. The number of carbonyl (C=O) groups is 1. The van der Waals surface area contributed by atoms with Gasteiger partial charge in [0.05, 0.1) is 23.7 Å². The first kappa shape index (κ1) is 24.2. The number of piperidine rings is 1. The quantitative estimate of drug-likeness (QED) is 0.468. The van der Waals surface area contributed by atoms with Gasteiger partial charge in [0, 0.05) is 43.2 Å². The monoisotopic (exact) mass is 512 g/mol. The number of hydrogen-bond donors (Lipinski definition) is 4. The number of likely N-dealkylation sites (tertiary alicyclic amines) is 1. The maximum Gasteiger partial charge on any atom is 0.257 e. The van der Waals surface area contributed by atoms with Crippen LogP contribution in [0.15, 0.2) is 75.2 Å². The smallest absolute Gasteiger partial charge is 0.257 e. The number of halogens is 2. The third kappa shape index (κ3) is 5.06. The van der Waals surface area contributed by atoms with Crippen molar-refractivity contribution in [2.24, 2.45) is 10.9 Å². The van der Waals surface area contributed by atoms with Crippen molar-refractivity contribution in [3.63, 3.8) is 0 Å². The molecular weight excluding hydrogens is 483 g/mol. The summed E-state index contributed by atoms with van der Waals surface area (Å²) >= 11 is 6.16. The minimum atomic E-state index is -0.297. The first-order chi connectivity index (χ1) is 17.5. The standard InChI is InChI=1S/C26H30ClFN6O2/c1-2-36-22-8-4-3-7-18(22)26(35)34-9-5-6-16(15-34)11-29-25-21(28)14-32-24(33-25)20-13-31-23-19(20)10-17(27)12-30-23/h3-4,7-8,10,12-13,16,23,29-30,32-33H,2,5-6,9,11,14-15H2,1H3. The minimum Gasteiger partial charge on any atom is -0.493 e. The number of hydrogen-bond acceptors (Lipinski definition) is 7. The number of amides is 1. The number of aliphatic imine (C=N–C) groups is 1. The topological polar surface area (TPSA) is 90.0 Å². The average Bonchev–Trinajstić information content (AvgIpc) is 3.31. The maximum absolute atomic E-state index is 14.7. The molecule has 4 aliphatic rings. The van der Waals surface area contributed by atoms with Gasteiger partial charge in [0.25, 0.3) is 5.91 Å². The van der Waals surface area contributed by atoms with Crippen LogP contribution >= 0.6 is 11.6 Å². The van der Waals surface area contributed by atoms with E-state index >= 15 is 0 Å². The largest absolute Gasteiger partial charge is 0.493 e. The molecule has 1 aromatic carbocycles. The van der Waals surface area contributed by atoms with Crippen molar-refractivity contribution < 1.29 is 13.9 Å². The molecule has 4 heterocycles. The van der Waals surface area contributed by atoms with Gasteiger partial charge in [-0.05, 0) is 43.9 Å². The van der Waals surface area contributed by atoms with Crippen LogP contribution in [-0.2, 0) is 0 Å². The highest BCUT2D eigenvalue weighted by Gasteiger charge is 2.30. The van der Waals surface area contributed by atoms with Gasteiger partial charge in [-0.3, -0.25) is 9.79 Å². The van der Waals surface area contributed by atoms with Crippen LogP contribution in [0.5, 0.6) is 5.75 Å². The van der Waals surface area contributed by atoms with Crippen LogP contribution in [0.1, 0.15) is 30.1 Å². The van der Waals surface area contributed by atoms with Gasteiger partial charge in [0.15, 0.2) is 5.83 Å². The van der Waals surface area contributed by atoms with Gasteiger partial charge in [0.2, 0.25) is 0 Å². The van der Waals surface area contributed by atoms with Crippen molar-refractivity contribution in [2.45, 2.75) is 25.9 Å². The van der Waals surface area contributed by atoms with E-state index in [0.717, 1.165) is 24.0 Å². The summed E-state index contributed by atoms with van der Waals surface area (Å²) in [6.07, 6.45) is 7.00. The van der Waals surface area contributed by atoms with Crippen LogP contribution in [0.2, 0.25) is 0 Å². The van der Waals surface area contributed by atoms with Gasteiger partial charge in [-0.2, -0.15) is 0 Å². The summed E-state index contributed by atoms with van der Waals surface area (Å²) in [5.74, 6) is 1.49. The number of fused-ring (bicyclic) bond motifs is 1. The molecule has 0 saturated carbocycles. The number of para-hydroxylation sites is 1. The second-order valence-corrected chi connectivity index (χ2v) is 9.53. The summed E-state index contributed by atoms with van der Waals surface area (Å²) in [6.45, 7) is 4.32. The summed E-state index contributed by atoms with van der Waals surface area (Å²) in [5, 5.41) is 13.2. The highest BCUT2D eigenvalue weighted by Crippen LogP contribution is 2.29. The fourth-order valence-electron chi connectivity index (χ4n) is 4.85. The van der Waals surface area contributed by atoms with E-state index in [0.29, 0.717) is 54.2 Å². The highest BCUT2D eigenvalue weighted by atomic mass is 35.5. The van der Waals surface area contributed by atoms with Gasteiger partial charge in [-0.25, -0.2) is 4.39 Å². The molecule has 5 rings (SSSR count). The lowest BCUT2D eigenvalue weighted by Gasteiger charge is -2.34. The molecule has 2 atom stereocenters. The number of rotatable bonds is 6. The van der Waals surface area contributed by atoms with E-state index in [-0.39, 0.29) is 30.4 Å². The molecule has 1 aromatic rings. The number of carbonyl (C=O) groups excluding carboxylic acids is 1. The first-order valence-corrected chi connectivity index (χ1v) is 12.7. The molecule has 1 fully saturated rings. The molecule has 2 unspecified atom stereocenters. The number of benzene rings is 1. The Morgan fingerprint density at radius 3 is 3.08 bits per heavy atom. The van der Waals surface area contributed by atoms with Crippen LogP contribution in [-0.4, -0.2) is 56.0 Å². The second-order valence-electron chi connectivity index (χ2n) is 9.09. The molecule has 4 N–H and O–H groups in total. The molecule has 4 aliphatic heterocycles. The van der Waals surface area contributed by atoms with Crippen molar-refractivity contribution in [3.05, 3.63) is 75.8 Å². The minimum absolute atomic E-state index is 0.0293. The van der Waals surface area contributed by atoms with Crippen molar-refractivity contribution in [2.75, 3.05) is 32.8 Å². The Kier molecular flexibility index (Phi) is 7.18. The number of nitrogens with one attached hydrogen (secondary N) is 4. The third-order valence-corrected chi connectivity index (χ3v) is 6.85. The van der Waals surface area contributed by atoms with E-state index in [4.69, 9.17) is 16.3 Å². The van der Waals surface area contributed by atoms with Crippen LogP contribution in [0.3, 0.4) is 0 Å². The Labute approximate surface area is 215 Å².